The van der Waals surface area contributed by atoms with Crippen LogP contribution < -0.4 is 0 Å². The van der Waals surface area contributed by atoms with Crippen LogP contribution in [0.25, 0.3) is 0 Å². The molecule has 5 heteroatoms. The van der Waals surface area contributed by atoms with Gasteiger partial charge in [0.15, 0.2) is 0 Å². The Balaban J connectivity index is 2.37. The fraction of sp³-hybridized carbons (Fsp3) is 0.875. The zero-order valence-corrected chi connectivity index (χ0v) is 7.25. The lowest BCUT2D eigenvalue weighted by Crippen LogP contribution is -2.40. The summed E-state index contributed by atoms with van der Waals surface area (Å²) < 4.78 is 24.5. The Morgan fingerprint density at radius 2 is 2.31 bits per heavy atom. The molecule has 0 saturated carbocycles. The maximum atomic E-state index is 12.3. The van der Waals surface area contributed by atoms with Crippen molar-refractivity contribution in [2.24, 2.45) is 5.92 Å². The zero-order valence-electron chi connectivity index (χ0n) is 7.25. The van der Waals surface area contributed by atoms with E-state index in [9.17, 15) is 13.6 Å². The van der Waals surface area contributed by atoms with E-state index < -0.39 is 18.3 Å². The van der Waals surface area contributed by atoms with Gasteiger partial charge in [0.25, 0.3) is 0 Å². The lowest BCUT2D eigenvalue weighted by Gasteiger charge is -2.30. The summed E-state index contributed by atoms with van der Waals surface area (Å²) in [6.45, 7) is 0.711. The van der Waals surface area contributed by atoms with Crippen molar-refractivity contribution in [3.05, 3.63) is 0 Å². The molecule has 1 unspecified atom stereocenters. The standard InChI is InChI=1S/C8H13F2NO2/c9-8(10)6-2-1-3-11(4-6)5-7(12)13/h6,8H,1-5H2,(H,12,13). The van der Waals surface area contributed by atoms with Crippen LogP contribution in [0, 0.1) is 5.92 Å². The zero-order chi connectivity index (χ0) is 9.84. The smallest absolute Gasteiger partial charge is 0.317 e. The monoisotopic (exact) mass is 193 g/mol. The molecule has 1 fully saturated rings. The van der Waals surface area contributed by atoms with E-state index in [-0.39, 0.29) is 13.1 Å². The maximum Gasteiger partial charge on any atom is 0.317 e. The molecule has 0 bridgehead atoms. The molecule has 0 radical (unpaired) electrons. The highest BCUT2D eigenvalue weighted by molar-refractivity contribution is 5.69. The summed E-state index contributed by atoms with van der Waals surface area (Å²) in [5.41, 5.74) is 0. The van der Waals surface area contributed by atoms with Crippen LogP contribution in [0.1, 0.15) is 12.8 Å². The van der Waals surface area contributed by atoms with E-state index in [2.05, 4.69) is 0 Å². The van der Waals surface area contributed by atoms with Gasteiger partial charge in [-0.15, -0.1) is 0 Å². The van der Waals surface area contributed by atoms with Crippen molar-refractivity contribution in [1.82, 2.24) is 4.90 Å². The van der Waals surface area contributed by atoms with Gasteiger partial charge < -0.3 is 5.11 Å². The fourth-order valence-electron chi connectivity index (χ4n) is 1.63. The van der Waals surface area contributed by atoms with E-state index in [4.69, 9.17) is 5.11 Å². The maximum absolute atomic E-state index is 12.3. The van der Waals surface area contributed by atoms with Gasteiger partial charge in [-0.05, 0) is 19.4 Å². The number of rotatable bonds is 3. The number of carbonyl (C=O) groups is 1. The first-order valence-electron chi connectivity index (χ1n) is 4.32. The second-order valence-electron chi connectivity index (χ2n) is 3.37. The predicted molar refractivity (Wildman–Crippen MR) is 42.8 cm³/mol. The Bertz CT molecular complexity index is 187. The molecule has 3 nitrogen and oxygen atoms in total. The minimum Gasteiger partial charge on any atom is -0.480 e. The van der Waals surface area contributed by atoms with Crippen LogP contribution >= 0.6 is 0 Å². The molecule has 0 aromatic rings. The summed E-state index contributed by atoms with van der Waals surface area (Å²) in [6.07, 6.45) is -1.15. The van der Waals surface area contributed by atoms with Crippen LogP contribution in [-0.2, 0) is 4.79 Å². The lowest BCUT2D eigenvalue weighted by molar-refractivity contribution is -0.139. The first-order valence-corrected chi connectivity index (χ1v) is 4.32. The van der Waals surface area contributed by atoms with E-state index in [0.717, 1.165) is 0 Å². The number of carboxylic acid groups (broad SMARTS) is 1. The summed E-state index contributed by atoms with van der Waals surface area (Å²) in [5, 5.41) is 8.46. The van der Waals surface area contributed by atoms with Crippen LogP contribution in [0.4, 0.5) is 8.78 Å². The summed E-state index contributed by atoms with van der Waals surface area (Å²) in [5.74, 6) is -1.59. The van der Waals surface area contributed by atoms with Crippen molar-refractivity contribution in [2.75, 3.05) is 19.6 Å². The minimum absolute atomic E-state index is 0.122. The van der Waals surface area contributed by atoms with E-state index >= 15 is 0 Å². The number of likely N-dealkylation sites (tertiary alicyclic amines) is 1. The Morgan fingerprint density at radius 3 is 2.85 bits per heavy atom. The molecular weight excluding hydrogens is 180 g/mol. The van der Waals surface area contributed by atoms with Crippen LogP contribution in [0.2, 0.25) is 0 Å². The van der Waals surface area contributed by atoms with Gasteiger partial charge in [-0.2, -0.15) is 0 Å². The number of nitrogens with zero attached hydrogens (tertiary/aromatic N) is 1. The molecular formula is C8H13F2NO2. The fourth-order valence-corrected chi connectivity index (χ4v) is 1.63. The van der Waals surface area contributed by atoms with E-state index in [1.54, 1.807) is 4.90 Å². The first-order chi connectivity index (χ1) is 6.09. The van der Waals surface area contributed by atoms with Gasteiger partial charge >= 0.3 is 5.97 Å². The highest BCUT2D eigenvalue weighted by atomic mass is 19.3. The molecule has 13 heavy (non-hydrogen) atoms. The van der Waals surface area contributed by atoms with Gasteiger partial charge in [-0.25, -0.2) is 8.78 Å². The SMILES string of the molecule is O=C(O)CN1CCCC(C(F)F)C1. The van der Waals surface area contributed by atoms with Crippen molar-refractivity contribution in [2.45, 2.75) is 19.3 Å². The van der Waals surface area contributed by atoms with E-state index in [1.165, 1.54) is 0 Å². The third kappa shape index (κ3) is 3.26. The number of alkyl halides is 2. The molecule has 76 valence electrons. The Morgan fingerprint density at radius 1 is 1.62 bits per heavy atom. The number of halogens is 2. The normalized spacial score (nSPS) is 25.0. The van der Waals surface area contributed by atoms with Crippen LogP contribution in [0.5, 0.6) is 0 Å². The van der Waals surface area contributed by atoms with Gasteiger partial charge in [0, 0.05) is 12.5 Å². The average Bonchev–Trinajstić information content (AvgIpc) is 2.03. The minimum atomic E-state index is -2.32. The molecule has 1 saturated heterocycles. The molecule has 1 heterocycles. The third-order valence-electron chi connectivity index (χ3n) is 2.26. The van der Waals surface area contributed by atoms with E-state index in [1.807, 2.05) is 0 Å². The quantitative estimate of drug-likeness (QED) is 0.728. The highest BCUT2D eigenvalue weighted by Crippen LogP contribution is 2.22. The molecule has 1 aliphatic heterocycles. The lowest BCUT2D eigenvalue weighted by atomic mass is 9.99. The van der Waals surface area contributed by atoms with Gasteiger partial charge in [0.1, 0.15) is 0 Å². The van der Waals surface area contributed by atoms with Gasteiger partial charge in [0.05, 0.1) is 6.54 Å². The summed E-state index contributed by atoms with van der Waals surface area (Å²) >= 11 is 0. The van der Waals surface area contributed by atoms with Gasteiger partial charge in [0.2, 0.25) is 6.43 Å². The molecule has 0 aromatic carbocycles. The average molecular weight is 193 g/mol. The molecule has 1 aliphatic rings. The van der Waals surface area contributed by atoms with Crippen LogP contribution in [0.3, 0.4) is 0 Å². The number of carboxylic acids is 1. The molecule has 0 aromatic heterocycles. The Labute approximate surface area is 75.3 Å². The Hall–Kier alpha value is -0.710. The molecule has 1 N–H and O–H groups in total. The Kier molecular flexibility index (Phi) is 3.59. The van der Waals surface area contributed by atoms with Crippen molar-refractivity contribution < 1.29 is 18.7 Å². The van der Waals surface area contributed by atoms with Crippen LogP contribution in [0.15, 0.2) is 0 Å². The molecule has 1 atom stereocenters. The van der Waals surface area contributed by atoms with Crippen molar-refractivity contribution in [1.29, 1.82) is 0 Å². The third-order valence-corrected chi connectivity index (χ3v) is 2.26. The summed E-state index contributed by atoms with van der Waals surface area (Å²) in [4.78, 5) is 11.9. The van der Waals surface area contributed by atoms with Gasteiger partial charge in [-0.3, -0.25) is 9.69 Å². The van der Waals surface area contributed by atoms with Gasteiger partial charge in [-0.1, -0.05) is 0 Å². The molecule has 1 rings (SSSR count). The summed E-state index contributed by atoms with van der Waals surface area (Å²) in [6, 6.07) is 0. The largest absolute Gasteiger partial charge is 0.480 e. The number of piperidine rings is 1. The van der Waals surface area contributed by atoms with E-state index in [0.29, 0.717) is 19.4 Å². The molecule has 0 aliphatic carbocycles. The van der Waals surface area contributed by atoms with Crippen molar-refractivity contribution in [3.63, 3.8) is 0 Å². The molecule has 0 spiro atoms. The predicted octanol–water partition coefficient (Wildman–Crippen LogP) is 1.05. The van der Waals surface area contributed by atoms with Crippen molar-refractivity contribution >= 4 is 5.97 Å². The summed E-state index contributed by atoms with van der Waals surface area (Å²) in [7, 11) is 0. The molecule has 0 amide bonds. The second kappa shape index (κ2) is 4.50. The second-order valence-corrected chi connectivity index (χ2v) is 3.37. The van der Waals surface area contributed by atoms with Crippen molar-refractivity contribution in [3.8, 4) is 0 Å². The number of aliphatic carboxylic acids is 1. The number of hydrogen-bond acceptors (Lipinski definition) is 2. The van der Waals surface area contributed by atoms with Crippen LogP contribution in [-0.4, -0.2) is 42.0 Å². The number of hydrogen-bond donors (Lipinski definition) is 1. The first kappa shape index (κ1) is 10.4. The highest BCUT2D eigenvalue weighted by Gasteiger charge is 2.27. The topological polar surface area (TPSA) is 40.5 Å².